The van der Waals surface area contributed by atoms with Crippen molar-refractivity contribution in [2.45, 2.75) is 57.8 Å². The van der Waals surface area contributed by atoms with E-state index in [0.29, 0.717) is 41.3 Å². The number of rotatable bonds is 12. The monoisotopic (exact) mass is 505 g/mol. The van der Waals surface area contributed by atoms with Crippen LogP contribution in [-0.4, -0.2) is 32.3 Å². The van der Waals surface area contributed by atoms with Gasteiger partial charge in [-0.2, -0.15) is 0 Å². The van der Waals surface area contributed by atoms with Crippen LogP contribution in [-0.2, 0) is 11.3 Å². The molecule has 190 valence electrons. The quantitative estimate of drug-likeness (QED) is 0.239. The number of carbonyl (C=O) groups excluding carboxylic acids is 2. The van der Waals surface area contributed by atoms with Crippen LogP contribution in [0, 0.1) is 5.92 Å². The lowest BCUT2D eigenvalue weighted by atomic mass is 10.0. The Balaban J connectivity index is 1.72. The van der Waals surface area contributed by atoms with Crippen LogP contribution in [0.1, 0.15) is 67.8 Å². The number of nitrogens with zero attached hydrogens (tertiary/aromatic N) is 3. The number of hydrogen-bond donors (Lipinski definition) is 2. The predicted octanol–water partition coefficient (Wildman–Crippen LogP) is 5.84. The maximum Gasteiger partial charge on any atom is 0.251 e. The van der Waals surface area contributed by atoms with Crippen LogP contribution >= 0.6 is 11.8 Å². The number of benzene rings is 2. The van der Waals surface area contributed by atoms with E-state index in [9.17, 15) is 9.59 Å². The zero-order valence-electron chi connectivity index (χ0n) is 21.4. The topological polar surface area (TPSA) is 88.9 Å². The van der Waals surface area contributed by atoms with Crippen molar-refractivity contribution in [2.75, 3.05) is 11.1 Å². The first kappa shape index (κ1) is 27.2. The maximum absolute atomic E-state index is 12.9. The van der Waals surface area contributed by atoms with Gasteiger partial charge in [-0.15, -0.1) is 16.8 Å². The van der Waals surface area contributed by atoms with Crippen molar-refractivity contribution in [1.82, 2.24) is 20.1 Å². The SMILES string of the molecule is C=CCn1c(SCC(=O)Nc2ccc(C(C)C)cc2)nnc1C(CC(C)C)NC(=O)c1ccccc1. The third-order valence-electron chi connectivity index (χ3n) is 5.61. The average molecular weight is 506 g/mol. The van der Waals surface area contributed by atoms with Crippen molar-refractivity contribution in [3.05, 3.63) is 84.2 Å². The molecule has 1 heterocycles. The molecule has 8 heteroatoms. The van der Waals surface area contributed by atoms with E-state index in [0.717, 1.165) is 5.69 Å². The molecule has 2 aromatic carbocycles. The molecule has 0 aliphatic heterocycles. The molecule has 0 fully saturated rings. The highest BCUT2D eigenvalue weighted by Crippen LogP contribution is 2.26. The smallest absolute Gasteiger partial charge is 0.251 e. The third-order valence-corrected chi connectivity index (χ3v) is 6.58. The van der Waals surface area contributed by atoms with Crippen LogP contribution in [0.4, 0.5) is 5.69 Å². The Morgan fingerprint density at radius 1 is 1.03 bits per heavy atom. The third kappa shape index (κ3) is 7.55. The summed E-state index contributed by atoms with van der Waals surface area (Å²) in [7, 11) is 0. The van der Waals surface area contributed by atoms with Gasteiger partial charge >= 0.3 is 0 Å². The van der Waals surface area contributed by atoms with E-state index in [-0.39, 0.29) is 23.6 Å². The van der Waals surface area contributed by atoms with Crippen LogP contribution in [0.3, 0.4) is 0 Å². The number of nitrogens with one attached hydrogen (secondary N) is 2. The van der Waals surface area contributed by atoms with Crippen LogP contribution in [0.5, 0.6) is 0 Å². The Hall–Kier alpha value is -3.39. The van der Waals surface area contributed by atoms with Gasteiger partial charge in [0.1, 0.15) is 0 Å². The molecule has 0 aliphatic rings. The minimum Gasteiger partial charge on any atom is -0.342 e. The molecule has 2 amide bonds. The van der Waals surface area contributed by atoms with Crippen LogP contribution < -0.4 is 10.6 Å². The molecule has 1 unspecified atom stereocenters. The summed E-state index contributed by atoms with van der Waals surface area (Å²) in [6, 6.07) is 16.7. The van der Waals surface area contributed by atoms with Crippen LogP contribution in [0.15, 0.2) is 72.4 Å². The van der Waals surface area contributed by atoms with Crippen LogP contribution in [0.25, 0.3) is 0 Å². The molecule has 3 aromatic rings. The Kier molecular flexibility index (Phi) is 9.87. The highest BCUT2D eigenvalue weighted by molar-refractivity contribution is 7.99. The summed E-state index contributed by atoms with van der Waals surface area (Å²) < 4.78 is 1.92. The fourth-order valence-electron chi connectivity index (χ4n) is 3.78. The van der Waals surface area contributed by atoms with E-state index < -0.39 is 0 Å². The Morgan fingerprint density at radius 2 is 1.72 bits per heavy atom. The summed E-state index contributed by atoms with van der Waals surface area (Å²) >= 11 is 1.31. The van der Waals surface area contributed by atoms with Gasteiger partial charge in [0.05, 0.1) is 11.8 Å². The molecule has 0 saturated carbocycles. The fraction of sp³-hybridized carbons (Fsp3) is 0.357. The van der Waals surface area contributed by atoms with Gasteiger partial charge in [0.2, 0.25) is 5.91 Å². The van der Waals surface area contributed by atoms with Crippen molar-refractivity contribution in [1.29, 1.82) is 0 Å². The molecule has 0 spiro atoms. The molecular weight excluding hydrogens is 470 g/mol. The molecule has 0 aliphatic carbocycles. The molecule has 2 N–H and O–H groups in total. The van der Waals surface area contributed by atoms with Gasteiger partial charge in [-0.25, -0.2) is 0 Å². The molecule has 0 saturated heterocycles. The van der Waals surface area contributed by atoms with E-state index in [1.165, 1.54) is 17.3 Å². The van der Waals surface area contributed by atoms with Gasteiger partial charge in [-0.1, -0.05) is 75.9 Å². The van der Waals surface area contributed by atoms with Gasteiger partial charge in [-0.05, 0) is 48.1 Å². The van der Waals surface area contributed by atoms with Crippen molar-refractivity contribution in [2.24, 2.45) is 5.92 Å². The van der Waals surface area contributed by atoms with Crippen molar-refractivity contribution in [3.63, 3.8) is 0 Å². The number of allylic oxidation sites excluding steroid dienone is 1. The molecule has 3 rings (SSSR count). The van der Waals surface area contributed by atoms with Gasteiger partial charge in [0.15, 0.2) is 11.0 Å². The average Bonchev–Trinajstić information content (AvgIpc) is 3.25. The van der Waals surface area contributed by atoms with E-state index in [4.69, 9.17) is 0 Å². The molecule has 36 heavy (non-hydrogen) atoms. The minimum absolute atomic E-state index is 0.122. The summed E-state index contributed by atoms with van der Waals surface area (Å²) in [5.41, 5.74) is 2.58. The molecule has 7 nitrogen and oxygen atoms in total. The second-order valence-corrected chi connectivity index (χ2v) is 10.3. The lowest BCUT2D eigenvalue weighted by Crippen LogP contribution is -2.31. The van der Waals surface area contributed by atoms with Crippen molar-refractivity contribution < 1.29 is 9.59 Å². The van der Waals surface area contributed by atoms with Gasteiger partial charge in [0.25, 0.3) is 5.91 Å². The zero-order chi connectivity index (χ0) is 26.1. The Morgan fingerprint density at radius 3 is 2.33 bits per heavy atom. The molecular formula is C28H35N5O2S. The standard InChI is InChI=1S/C28H35N5O2S/c1-6-16-33-26(24(17-19(2)3)30-27(35)22-10-8-7-9-11-22)31-32-28(33)36-18-25(34)29-23-14-12-21(13-15-23)20(4)5/h6-15,19-20,24H,1,16-18H2,2-5H3,(H,29,34)(H,30,35). The van der Waals surface area contributed by atoms with Gasteiger partial charge in [0, 0.05) is 17.8 Å². The number of hydrogen-bond acceptors (Lipinski definition) is 5. The summed E-state index contributed by atoms with van der Waals surface area (Å²) in [6.45, 7) is 12.8. The first-order valence-corrected chi connectivity index (χ1v) is 13.2. The predicted molar refractivity (Wildman–Crippen MR) is 146 cm³/mol. The minimum atomic E-state index is -0.326. The maximum atomic E-state index is 12.9. The summed E-state index contributed by atoms with van der Waals surface area (Å²) in [5.74, 6) is 1.32. The van der Waals surface area contributed by atoms with Crippen molar-refractivity contribution >= 4 is 29.3 Å². The van der Waals surface area contributed by atoms with E-state index in [2.05, 4.69) is 55.1 Å². The first-order valence-electron chi connectivity index (χ1n) is 12.2. The van der Waals surface area contributed by atoms with Crippen molar-refractivity contribution in [3.8, 4) is 0 Å². The second-order valence-electron chi connectivity index (χ2n) is 9.38. The second kappa shape index (κ2) is 13.1. The van der Waals surface area contributed by atoms with E-state index in [1.807, 2.05) is 47.0 Å². The number of carbonyl (C=O) groups is 2. The highest BCUT2D eigenvalue weighted by atomic mass is 32.2. The molecule has 0 radical (unpaired) electrons. The normalized spacial score (nSPS) is 11.9. The molecule has 1 atom stereocenters. The summed E-state index contributed by atoms with van der Waals surface area (Å²) in [4.78, 5) is 25.5. The van der Waals surface area contributed by atoms with E-state index in [1.54, 1.807) is 18.2 Å². The number of aromatic nitrogens is 3. The van der Waals surface area contributed by atoms with Gasteiger partial charge in [-0.3, -0.25) is 9.59 Å². The highest BCUT2D eigenvalue weighted by Gasteiger charge is 2.24. The summed E-state index contributed by atoms with van der Waals surface area (Å²) in [6.07, 6.45) is 2.46. The Bertz CT molecular complexity index is 1160. The number of thioether (sulfide) groups is 1. The number of anilines is 1. The summed E-state index contributed by atoms with van der Waals surface area (Å²) in [5, 5.41) is 15.4. The zero-order valence-corrected chi connectivity index (χ0v) is 22.2. The Labute approximate surface area is 217 Å². The first-order chi connectivity index (χ1) is 17.3. The largest absolute Gasteiger partial charge is 0.342 e. The van der Waals surface area contributed by atoms with E-state index >= 15 is 0 Å². The molecule has 1 aromatic heterocycles. The molecule has 0 bridgehead atoms. The van der Waals surface area contributed by atoms with Crippen LogP contribution in [0.2, 0.25) is 0 Å². The fourth-order valence-corrected chi connectivity index (χ4v) is 4.53. The lowest BCUT2D eigenvalue weighted by molar-refractivity contribution is -0.113. The lowest BCUT2D eigenvalue weighted by Gasteiger charge is -2.21. The van der Waals surface area contributed by atoms with Gasteiger partial charge < -0.3 is 15.2 Å². The number of amides is 2.